The van der Waals surface area contributed by atoms with E-state index in [0.29, 0.717) is 22.5 Å². The van der Waals surface area contributed by atoms with Gasteiger partial charge in [-0.15, -0.1) is 4.09 Å². The Kier molecular flexibility index (Phi) is 6.29. The highest BCUT2D eigenvalue weighted by molar-refractivity contribution is 7.91. The standard InChI is InChI=1S/C22H21ClN8O3S/c23-17-7-6-16(20(12-17)24-8-11-30-9-1-2-10-30)13-25-19-4-3-5-21-18(19)14-27-31(21)35(32,33)29-22-26-15-34-28-22/h1-7,9-10,12,14-15,24-25H,8,11,13H2,(H,28,29). The van der Waals surface area contributed by atoms with Gasteiger partial charge in [0.05, 0.1) is 11.7 Å². The molecule has 0 bridgehead atoms. The van der Waals surface area contributed by atoms with Gasteiger partial charge in [0, 0.05) is 53.8 Å². The van der Waals surface area contributed by atoms with Crippen molar-refractivity contribution in [3.63, 3.8) is 0 Å². The molecule has 0 aliphatic rings. The Morgan fingerprint density at radius 2 is 1.89 bits per heavy atom. The quantitative estimate of drug-likeness (QED) is 0.257. The largest absolute Gasteiger partial charge is 0.383 e. The Bertz CT molecular complexity index is 1530. The minimum absolute atomic E-state index is 0.178. The van der Waals surface area contributed by atoms with Gasteiger partial charge in [-0.25, -0.2) is 4.72 Å². The number of hydrogen-bond acceptors (Lipinski definition) is 8. The lowest BCUT2D eigenvalue weighted by atomic mass is 10.1. The Hall–Kier alpha value is -4.03. The molecule has 5 rings (SSSR count). The number of aromatic nitrogens is 5. The second-order valence-corrected chi connectivity index (χ2v) is 9.53. The number of nitrogens with one attached hydrogen (secondary N) is 3. The second-order valence-electron chi connectivity index (χ2n) is 7.59. The van der Waals surface area contributed by atoms with Gasteiger partial charge in [-0.05, 0) is 47.1 Å². The Morgan fingerprint density at radius 1 is 1.03 bits per heavy atom. The lowest BCUT2D eigenvalue weighted by Gasteiger charge is -2.15. The van der Waals surface area contributed by atoms with Crippen molar-refractivity contribution in [3.05, 3.63) is 84.1 Å². The summed E-state index contributed by atoms with van der Waals surface area (Å²) in [6, 6.07) is 14.9. The maximum Gasteiger partial charge on any atom is 0.345 e. The van der Waals surface area contributed by atoms with Crippen LogP contribution in [-0.4, -0.2) is 38.9 Å². The summed E-state index contributed by atoms with van der Waals surface area (Å²) in [5.41, 5.74) is 3.06. The van der Waals surface area contributed by atoms with Gasteiger partial charge in [-0.2, -0.15) is 18.5 Å². The first-order valence-electron chi connectivity index (χ1n) is 10.6. The van der Waals surface area contributed by atoms with Crippen LogP contribution in [0.25, 0.3) is 10.9 Å². The van der Waals surface area contributed by atoms with Gasteiger partial charge < -0.3 is 19.7 Å². The Labute approximate surface area is 205 Å². The van der Waals surface area contributed by atoms with Crippen molar-refractivity contribution in [2.75, 3.05) is 21.9 Å². The van der Waals surface area contributed by atoms with Crippen LogP contribution >= 0.6 is 11.6 Å². The number of rotatable bonds is 10. The molecule has 0 spiro atoms. The predicted molar refractivity (Wildman–Crippen MR) is 134 cm³/mol. The molecule has 3 aromatic heterocycles. The van der Waals surface area contributed by atoms with Crippen LogP contribution < -0.4 is 15.4 Å². The SMILES string of the molecule is O=S(=O)(Nc1ncon1)n1ncc2c(NCc3ccc(Cl)cc3NCCn3cccc3)cccc21. The van der Waals surface area contributed by atoms with Crippen molar-refractivity contribution in [2.45, 2.75) is 13.1 Å². The molecule has 0 aliphatic heterocycles. The number of anilines is 3. The van der Waals surface area contributed by atoms with E-state index in [0.717, 1.165) is 40.5 Å². The van der Waals surface area contributed by atoms with Gasteiger partial charge in [-0.1, -0.05) is 23.7 Å². The maximum atomic E-state index is 12.8. The highest BCUT2D eigenvalue weighted by Crippen LogP contribution is 2.27. The van der Waals surface area contributed by atoms with Crippen molar-refractivity contribution < 1.29 is 12.9 Å². The molecule has 0 unspecified atom stereocenters. The predicted octanol–water partition coefficient (Wildman–Crippen LogP) is 3.80. The number of fused-ring (bicyclic) bond motifs is 1. The van der Waals surface area contributed by atoms with E-state index in [4.69, 9.17) is 11.6 Å². The molecule has 2 aromatic carbocycles. The number of halogens is 1. The molecular formula is C22H21ClN8O3S. The van der Waals surface area contributed by atoms with E-state index >= 15 is 0 Å². The van der Waals surface area contributed by atoms with Crippen molar-refractivity contribution in [1.82, 2.24) is 23.9 Å². The number of benzene rings is 2. The van der Waals surface area contributed by atoms with E-state index in [9.17, 15) is 8.42 Å². The molecule has 3 N–H and O–H groups in total. The van der Waals surface area contributed by atoms with Gasteiger partial charge in [0.2, 0.25) is 6.39 Å². The van der Waals surface area contributed by atoms with Gasteiger partial charge >= 0.3 is 10.2 Å². The number of nitrogens with zero attached hydrogens (tertiary/aromatic N) is 5. The van der Waals surface area contributed by atoms with Crippen molar-refractivity contribution in [1.29, 1.82) is 0 Å². The summed E-state index contributed by atoms with van der Waals surface area (Å²) in [7, 11) is -4.07. The fourth-order valence-electron chi connectivity index (χ4n) is 3.64. The van der Waals surface area contributed by atoms with Crippen LogP contribution in [-0.2, 0) is 23.3 Å². The Balaban J connectivity index is 1.33. The van der Waals surface area contributed by atoms with Crippen LogP contribution in [0.2, 0.25) is 5.02 Å². The summed E-state index contributed by atoms with van der Waals surface area (Å²) in [5, 5.41) is 15.6. The van der Waals surface area contributed by atoms with Crippen LogP contribution in [0.4, 0.5) is 17.3 Å². The first-order valence-corrected chi connectivity index (χ1v) is 12.4. The van der Waals surface area contributed by atoms with Crippen LogP contribution in [0.3, 0.4) is 0 Å². The third-order valence-electron chi connectivity index (χ3n) is 5.28. The van der Waals surface area contributed by atoms with Crippen molar-refractivity contribution in [2.24, 2.45) is 0 Å². The molecule has 11 nitrogen and oxygen atoms in total. The molecule has 0 saturated heterocycles. The normalized spacial score (nSPS) is 11.6. The third kappa shape index (κ3) is 5.08. The minimum atomic E-state index is -4.07. The zero-order valence-corrected chi connectivity index (χ0v) is 19.9. The van der Waals surface area contributed by atoms with E-state index in [-0.39, 0.29) is 5.95 Å². The van der Waals surface area contributed by atoms with Crippen molar-refractivity contribution >= 4 is 50.0 Å². The summed E-state index contributed by atoms with van der Waals surface area (Å²) < 4.78 is 35.3. The highest BCUT2D eigenvalue weighted by Gasteiger charge is 2.20. The minimum Gasteiger partial charge on any atom is -0.383 e. The van der Waals surface area contributed by atoms with Gasteiger partial charge in [0.1, 0.15) is 0 Å². The molecule has 0 atom stereocenters. The van der Waals surface area contributed by atoms with E-state index in [1.165, 1.54) is 6.20 Å². The van der Waals surface area contributed by atoms with Crippen molar-refractivity contribution in [3.8, 4) is 0 Å². The zero-order chi connectivity index (χ0) is 24.3. The van der Waals surface area contributed by atoms with Crippen LogP contribution in [0.15, 0.2) is 78.0 Å². The number of hydrogen-bond donors (Lipinski definition) is 3. The smallest absolute Gasteiger partial charge is 0.345 e. The lowest BCUT2D eigenvalue weighted by molar-refractivity contribution is 0.419. The average molecular weight is 513 g/mol. The van der Waals surface area contributed by atoms with Gasteiger partial charge in [0.15, 0.2) is 0 Å². The molecular weight excluding hydrogens is 492 g/mol. The summed E-state index contributed by atoms with van der Waals surface area (Å²) >= 11 is 6.23. The topological polar surface area (TPSA) is 132 Å². The lowest BCUT2D eigenvalue weighted by Crippen LogP contribution is -2.23. The molecule has 35 heavy (non-hydrogen) atoms. The summed E-state index contributed by atoms with van der Waals surface area (Å²) in [6.45, 7) is 2.04. The molecule has 0 aliphatic carbocycles. The third-order valence-corrected chi connectivity index (χ3v) is 6.70. The maximum absolute atomic E-state index is 12.8. The fraction of sp³-hybridized carbons (Fsp3) is 0.136. The van der Waals surface area contributed by atoms with Crippen LogP contribution in [0, 0.1) is 0 Å². The molecule has 0 amide bonds. The molecule has 0 saturated carbocycles. The van der Waals surface area contributed by atoms with E-state index in [2.05, 4.69) is 39.7 Å². The summed E-state index contributed by atoms with van der Waals surface area (Å²) in [6.07, 6.45) is 6.55. The van der Waals surface area contributed by atoms with Crippen LogP contribution in [0.1, 0.15) is 5.56 Å². The fourth-order valence-corrected chi connectivity index (χ4v) is 4.81. The molecule has 13 heteroatoms. The van der Waals surface area contributed by atoms with Gasteiger partial charge in [-0.3, -0.25) is 0 Å². The first kappa shape index (κ1) is 22.7. The monoisotopic (exact) mass is 512 g/mol. The van der Waals surface area contributed by atoms with E-state index in [1.54, 1.807) is 12.1 Å². The Morgan fingerprint density at radius 3 is 2.69 bits per heavy atom. The van der Waals surface area contributed by atoms with Gasteiger partial charge in [0.25, 0.3) is 5.95 Å². The average Bonchev–Trinajstić information content (AvgIpc) is 3.60. The summed E-state index contributed by atoms with van der Waals surface area (Å²) in [4.78, 5) is 3.68. The van der Waals surface area contributed by atoms with E-state index < -0.39 is 10.2 Å². The summed E-state index contributed by atoms with van der Waals surface area (Å²) in [5.74, 6) is -0.178. The molecule has 0 fully saturated rings. The first-order chi connectivity index (χ1) is 17.0. The zero-order valence-electron chi connectivity index (χ0n) is 18.3. The molecule has 5 aromatic rings. The van der Waals surface area contributed by atoms with E-state index in [1.807, 2.05) is 48.8 Å². The second kappa shape index (κ2) is 9.68. The van der Waals surface area contributed by atoms with Crippen LogP contribution in [0.5, 0.6) is 0 Å². The molecule has 3 heterocycles. The molecule has 0 radical (unpaired) electrons. The molecule has 180 valence electrons. The highest BCUT2D eigenvalue weighted by atomic mass is 35.5.